The van der Waals surface area contributed by atoms with Gasteiger partial charge in [-0.05, 0) is 112 Å². The number of benzene rings is 3. The van der Waals surface area contributed by atoms with Crippen molar-refractivity contribution >= 4 is 69.8 Å². The van der Waals surface area contributed by atoms with Gasteiger partial charge in [-0.15, -0.1) is 0 Å². The Balaban J connectivity index is 0.830. The maximum Gasteiger partial charge on any atom is 0.417 e. The molecule has 0 spiro atoms. The van der Waals surface area contributed by atoms with Crippen molar-refractivity contribution in [1.29, 1.82) is 5.26 Å². The molecule has 7 rings (SSSR count). The van der Waals surface area contributed by atoms with Crippen molar-refractivity contribution in [2.24, 2.45) is 0 Å². The molecule has 4 aliphatic rings. The van der Waals surface area contributed by atoms with Crippen molar-refractivity contribution < 1.29 is 41.9 Å². The second-order valence-electron chi connectivity index (χ2n) is 16.5. The number of amides is 6. The number of alkyl halides is 3. The van der Waals surface area contributed by atoms with Crippen LogP contribution in [0.15, 0.2) is 60.7 Å². The summed E-state index contributed by atoms with van der Waals surface area (Å²) in [5.74, 6) is -2.31. The minimum absolute atomic E-state index is 0.0291. The van der Waals surface area contributed by atoms with Gasteiger partial charge in [-0.3, -0.25) is 43.9 Å². The van der Waals surface area contributed by atoms with Gasteiger partial charge in [0.25, 0.3) is 17.7 Å². The first kappa shape index (κ1) is 43.9. The molecule has 3 saturated heterocycles. The first-order valence-corrected chi connectivity index (χ1v) is 21.2. The number of hydrogen-bond donors (Lipinski definition) is 2. The van der Waals surface area contributed by atoms with Crippen molar-refractivity contribution in [1.82, 2.24) is 15.1 Å². The summed E-state index contributed by atoms with van der Waals surface area (Å²) in [7, 11) is 0. The molecule has 3 aromatic carbocycles. The third kappa shape index (κ3) is 8.52. The van der Waals surface area contributed by atoms with E-state index in [0.29, 0.717) is 37.4 Å². The fraction of sp³-hybridized carbons (Fsp3) is 0.422. The van der Waals surface area contributed by atoms with E-state index in [1.165, 1.54) is 6.07 Å². The molecular weight excluding hydrogens is 824 g/mol. The number of likely N-dealkylation sites (tertiary alicyclic amines) is 1. The molecule has 0 aromatic heterocycles. The van der Waals surface area contributed by atoms with E-state index in [1.807, 2.05) is 29.2 Å². The number of fused-ring (bicyclic) bond motifs is 1. The standard InChI is InChI=1S/C45H46F3N7O6S/c1-44(2)42(61)53(31-17-14-29(26-49)33(25-31)45(46,47)48)43(62)55(44)30-15-12-27(13-16-30)28-20-23-52(24-21-28)37(57)11-6-4-3-5-7-22-50-34-10-8-9-32-38(34)41(60)54(40(32)59)35-18-19-36(56)51-39(35)58/h8-10,12-17,25,28,35,50H,3-7,11,18-24H2,1-2H3,(H,51,56,58). The Labute approximate surface area is 362 Å². The lowest BCUT2D eigenvalue weighted by molar-refractivity contribution is -0.138. The number of rotatable bonds is 13. The molecule has 13 nitrogen and oxygen atoms in total. The van der Waals surface area contributed by atoms with E-state index < -0.39 is 58.4 Å². The van der Waals surface area contributed by atoms with Crippen LogP contribution in [-0.2, 0) is 25.4 Å². The van der Waals surface area contributed by atoms with Crippen LogP contribution >= 0.6 is 12.2 Å². The topological polar surface area (TPSA) is 163 Å². The lowest BCUT2D eigenvalue weighted by Crippen LogP contribution is -2.54. The van der Waals surface area contributed by atoms with Crippen molar-refractivity contribution in [3.63, 3.8) is 0 Å². The van der Waals surface area contributed by atoms with Crippen LogP contribution in [0.3, 0.4) is 0 Å². The van der Waals surface area contributed by atoms with Crippen molar-refractivity contribution in [2.75, 3.05) is 34.8 Å². The average molecular weight is 870 g/mol. The molecule has 4 aliphatic heterocycles. The van der Waals surface area contributed by atoms with Gasteiger partial charge in [0, 0.05) is 43.9 Å². The second kappa shape index (κ2) is 17.7. The minimum atomic E-state index is -4.79. The molecule has 324 valence electrons. The second-order valence-corrected chi connectivity index (χ2v) is 16.9. The summed E-state index contributed by atoms with van der Waals surface area (Å²) in [6.45, 7) is 5.16. The summed E-state index contributed by atoms with van der Waals surface area (Å²) >= 11 is 5.68. The molecule has 0 bridgehead atoms. The van der Waals surface area contributed by atoms with E-state index in [2.05, 4.69) is 10.6 Å². The maximum absolute atomic E-state index is 13.7. The van der Waals surface area contributed by atoms with Gasteiger partial charge in [0.1, 0.15) is 11.6 Å². The van der Waals surface area contributed by atoms with Gasteiger partial charge in [0.2, 0.25) is 17.7 Å². The molecule has 2 N–H and O–H groups in total. The lowest BCUT2D eigenvalue weighted by atomic mass is 9.89. The first-order valence-electron chi connectivity index (χ1n) is 20.8. The van der Waals surface area contributed by atoms with Crippen LogP contribution in [0.5, 0.6) is 0 Å². The largest absolute Gasteiger partial charge is 0.417 e. The minimum Gasteiger partial charge on any atom is -0.384 e. The van der Waals surface area contributed by atoms with Crippen LogP contribution in [0.1, 0.15) is 121 Å². The smallest absolute Gasteiger partial charge is 0.384 e. The SMILES string of the molecule is CC1(C)C(=O)N(c2ccc(C#N)c(C(F)(F)F)c2)C(=S)N1c1ccc(C2CCN(C(=O)CCCCCCCNc3cccc4c3C(=O)N(C3CCC(=O)NC3=O)C4=O)CC2)cc1. The number of thiocarbonyl (C=S) groups is 1. The fourth-order valence-corrected chi connectivity index (χ4v) is 9.31. The molecule has 0 radical (unpaired) electrons. The number of piperidine rings is 2. The summed E-state index contributed by atoms with van der Waals surface area (Å²) in [6.07, 6.45) is 1.73. The molecule has 0 aliphatic carbocycles. The van der Waals surface area contributed by atoms with Crippen LogP contribution in [0.2, 0.25) is 0 Å². The zero-order chi connectivity index (χ0) is 44.5. The van der Waals surface area contributed by atoms with Crippen molar-refractivity contribution in [2.45, 2.75) is 102 Å². The Kier molecular flexibility index (Phi) is 12.5. The normalized spacial score (nSPS) is 19.3. The number of unbranched alkanes of at least 4 members (excludes halogenated alkanes) is 4. The highest BCUT2D eigenvalue weighted by molar-refractivity contribution is 7.81. The third-order valence-corrected chi connectivity index (χ3v) is 12.5. The number of nitrogens with zero attached hydrogens (tertiary/aromatic N) is 5. The molecule has 17 heteroatoms. The van der Waals surface area contributed by atoms with E-state index in [4.69, 9.17) is 12.2 Å². The van der Waals surface area contributed by atoms with Gasteiger partial charge in [0.15, 0.2) is 5.11 Å². The number of halogens is 3. The molecule has 0 saturated carbocycles. The number of hydrogen-bond acceptors (Lipinski definition) is 9. The van der Waals surface area contributed by atoms with Gasteiger partial charge in [-0.25, -0.2) is 0 Å². The summed E-state index contributed by atoms with van der Waals surface area (Å²) in [6, 6.07) is 16.3. The van der Waals surface area contributed by atoms with E-state index in [1.54, 1.807) is 43.0 Å². The number of nitriles is 1. The number of carbonyl (C=O) groups is 6. The van der Waals surface area contributed by atoms with Gasteiger partial charge in [-0.1, -0.05) is 37.5 Å². The van der Waals surface area contributed by atoms with E-state index in [9.17, 15) is 47.2 Å². The van der Waals surface area contributed by atoms with Crippen LogP contribution in [0, 0.1) is 11.3 Å². The maximum atomic E-state index is 13.7. The summed E-state index contributed by atoms with van der Waals surface area (Å²) < 4.78 is 41.2. The van der Waals surface area contributed by atoms with Gasteiger partial charge >= 0.3 is 6.18 Å². The van der Waals surface area contributed by atoms with E-state index in [-0.39, 0.29) is 46.6 Å². The molecule has 3 aromatic rings. The zero-order valence-electron chi connectivity index (χ0n) is 34.3. The lowest BCUT2D eigenvalue weighted by Gasteiger charge is -2.33. The first-order chi connectivity index (χ1) is 29.5. The Morgan fingerprint density at radius 3 is 2.26 bits per heavy atom. The summed E-state index contributed by atoms with van der Waals surface area (Å²) in [5.41, 5.74) is -0.268. The van der Waals surface area contributed by atoms with E-state index in [0.717, 1.165) is 72.4 Å². The highest BCUT2D eigenvalue weighted by atomic mass is 32.1. The summed E-state index contributed by atoms with van der Waals surface area (Å²) in [4.78, 5) is 82.7. The van der Waals surface area contributed by atoms with Crippen LogP contribution < -0.4 is 20.4 Å². The predicted molar refractivity (Wildman–Crippen MR) is 227 cm³/mol. The Morgan fingerprint density at radius 1 is 0.903 bits per heavy atom. The van der Waals surface area contributed by atoms with Crippen LogP contribution in [0.4, 0.5) is 30.2 Å². The Hall–Kier alpha value is -6.15. The molecular formula is C45H46F3N7O6S. The van der Waals surface area contributed by atoms with Gasteiger partial charge in [-0.2, -0.15) is 18.4 Å². The van der Waals surface area contributed by atoms with Gasteiger partial charge < -0.3 is 15.1 Å². The number of anilines is 3. The monoisotopic (exact) mass is 869 g/mol. The average Bonchev–Trinajstić information content (AvgIpc) is 3.60. The van der Waals surface area contributed by atoms with E-state index >= 15 is 0 Å². The quantitative estimate of drug-likeness (QED) is 0.103. The molecule has 1 unspecified atom stereocenters. The number of nitrogens with one attached hydrogen (secondary N) is 2. The number of imide groups is 2. The number of carbonyl (C=O) groups excluding carboxylic acids is 6. The zero-order valence-corrected chi connectivity index (χ0v) is 35.2. The van der Waals surface area contributed by atoms with Crippen LogP contribution in [0.25, 0.3) is 0 Å². The van der Waals surface area contributed by atoms with Crippen molar-refractivity contribution in [3.05, 3.63) is 88.5 Å². The van der Waals surface area contributed by atoms with Crippen LogP contribution in [-0.4, -0.2) is 81.6 Å². The Bertz CT molecular complexity index is 2370. The van der Waals surface area contributed by atoms with Gasteiger partial charge in [0.05, 0.1) is 34.0 Å². The highest BCUT2D eigenvalue weighted by Gasteiger charge is 2.51. The predicted octanol–water partition coefficient (Wildman–Crippen LogP) is 7.05. The van der Waals surface area contributed by atoms with Crippen molar-refractivity contribution in [3.8, 4) is 6.07 Å². The molecule has 1 atom stereocenters. The molecule has 6 amide bonds. The fourth-order valence-electron chi connectivity index (χ4n) is 8.79. The summed E-state index contributed by atoms with van der Waals surface area (Å²) in [5, 5.41) is 14.7. The molecule has 3 fully saturated rings. The third-order valence-electron chi connectivity index (χ3n) is 12.2. The molecule has 62 heavy (non-hydrogen) atoms. The highest BCUT2D eigenvalue weighted by Crippen LogP contribution is 2.41. The Morgan fingerprint density at radius 2 is 1.58 bits per heavy atom. The molecule has 4 heterocycles.